The predicted molar refractivity (Wildman–Crippen MR) is 127 cm³/mol. The molecule has 10 heteroatoms. The Bertz CT molecular complexity index is 1110. The van der Waals surface area contributed by atoms with E-state index in [0.29, 0.717) is 21.8 Å². The fourth-order valence-corrected chi connectivity index (χ4v) is 5.27. The number of hydrogen-bond donors (Lipinski definition) is 2. The van der Waals surface area contributed by atoms with Gasteiger partial charge in [-0.25, -0.2) is 14.4 Å². The molecule has 2 aromatic rings. The highest BCUT2D eigenvalue weighted by atomic mass is 32.1. The van der Waals surface area contributed by atoms with Crippen LogP contribution in [0.25, 0.3) is 0 Å². The molecule has 2 heterocycles. The third kappa shape index (κ3) is 5.49. The summed E-state index contributed by atoms with van der Waals surface area (Å²) in [6.45, 7) is 8.13. The lowest BCUT2D eigenvalue weighted by Crippen LogP contribution is -2.22. The molecule has 0 aromatic carbocycles. The second-order valence-electron chi connectivity index (χ2n) is 8.34. The zero-order valence-corrected chi connectivity index (χ0v) is 20.9. The van der Waals surface area contributed by atoms with Crippen molar-refractivity contribution >= 4 is 40.2 Å². The number of rotatable bonds is 8. The molecule has 0 atom stereocenters. The van der Waals surface area contributed by atoms with Crippen LogP contribution in [0.5, 0.6) is 0 Å². The van der Waals surface area contributed by atoms with Gasteiger partial charge in [0, 0.05) is 10.6 Å². The van der Waals surface area contributed by atoms with E-state index in [0.717, 1.165) is 36.1 Å². The average Bonchev–Trinajstić information content (AvgIpc) is 3.28. The molecule has 184 valence electrons. The van der Waals surface area contributed by atoms with Gasteiger partial charge in [0.1, 0.15) is 10.7 Å². The highest BCUT2D eigenvalue weighted by molar-refractivity contribution is 7.17. The minimum absolute atomic E-state index is 0.174. The maximum atomic E-state index is 12.7. The van der Waals surface area contributed by atoms with Gasteiger partial charge in [0.05, 0.1) is 23.8 Å². The van der Waals surface area contributed by atoms with E-state index in [9.17, 15) is 19.2 Å². The summed E-state index contributed by atoms with van der Waals surface area (Å²) in [6, 6.07) is 0. The van der Waals surface area contributed by atoms with Gasteiger partial charge in [0.2, 0.25) is 0 Å². The molecule has 0 aliphatic heterocycles. The predicted octanol–water partition coefficient (Wildman–Crippen LogP) is 4.11. The molecule has 1 aliphatic carbocycles. The molecule has 0 saturated heterocycles. The number of nitrogens with one attached hydrogen (secondary N) is 2. The largest absolute Gasteiger partial charge is 0.461 e. The van der Waals surface area contributed by atoms with Crippen molar-refractivity contribution < 1.29 is 33.4 Å². The second kappa shape index (κ2) is 10.9. The molecule has 0 fully saturated rings. The summed E-state index contributed by atoms with van der Waals surface area (Å²) in [7, 11) is 0. The molecular weight excluding hydrogens is 460 g/mol. The van der Waals surface area contributed by atoms with Gasteiger partial charge in [-0.2, -0.15) is 0 Å². The summed E-state index contributed by atoms with van der Waals surface area (Å²) in [6.07, 6.45) is 3.32. The number of H-pyrrole nitrogens is 1. The van der Waals surface area contributed by atoms with Crippen molar-refractivity contribution in [1.29, 1.82) is 0 Å². The number of anilines is 1. The van der Waals surface area contributed by atoms with E-state index in [2.05, 4.69) is 10.3 Å². The molecule has 3 rings (SSSR count). The average molecular weight is 491 g/mol. The first-order chi connectivity index (χ1) is 16.1. The van der Waals surface area contributed by atoms with Crippen LogP contribution in [-0.2, 0) is 31.8 Å². The van der Waals surface area contributed by atoms with E-state index in [1.807, 2.05) is 0 Å². The number of esters is 3. The van der Waals surface area contributed by atoms with Crippen molar-refractivity contribution in [2.45, 2.75) is 66.4 Å². The number of carbonyl (C=O) groups excluding carboxylic acids is 4. The van der Waals surface area contributed by atoms with Gasteiger partial charge >= 0.3 is 17.9 Å². The SMILES string of the molecule is CCOC(=O)c1[nH]c(C)c(C(=O)OCC(=O)Nc2sc3c(c2C(=O)OC(C)C)CCCC3)c1C. The summed E-state index contributed by atoms with van der Waals surface area (Å²) in [5.74, 6) is -2.34. The first kappa shape index (κ1) is 25.5. The van der Waals surface area contributed by atoms with Crippen LogP contribution in [0.15, 0.2) is 0 Å². The number of ether oxygens (including phenoxy) is 3. The lowest BCUT2D eigenvalue weighted by molar-refractivity contribution is -0.119. The minimum Gasteiger partial charge on any atom is -0.461 e. The maximum Gasteiger partial charge on any atom is 0.355 e. The fraction of sp³-hybridized carbons (Fsp3) is 0.500. The number of carbonyl (C=O) groups is 4. The van der Waals surface area contributed by atoms with E-state index in [-0.39, 0.29) is 24.0 Å². The van der Waals surface area contributed by atoms with Crippen molar-refractivity contribution in [3.63, 3.8) is 0 Å². The molecule has 0 spiro atoms. The molecule has 2 N–H and O–H groups in total. The fourth-order valence-electron chi connectivity index (χ4n) is 3.97. The Morgan fingerprint density at radius 2 is 1.71 bits per heavy atom. The van der Waals surface area contributed by atoms with Crippen LogP contribution in [0.3, 0.4) is 0 Å². The first-order valence-electron chi connectivity index (χ1n) is 11.3. The summed E-state index contributed by atoms with van der Waals surface area (Å²) in [5.41, 5.74) is 2.52. The van der Waals surface area contributed by atoms with Crippen LogP contribution in [0.4, 0.5) is 5.00 Å². The van der Waals surface area contributed by atoms with Gasteiger partial charge < -0.3 is 24.5 Å². The Hall–Kier alpha value is -3.14. The molecular formula is C24H30N2O7S. The van der Waals surface area contributed by atoms with Crippen LogP contribution in [0, 0.1) is 13.8 Å². The van der Waals surface area contributed by atoms with E-state index in [1.54, 1.807) is 34.6 Å². The minimum atomic E-state index is -0.734. The molecule has 1 aliphatic rings. The summed E-state index contributed by atoms with van der Waals surface area (Å²) >= 11 is 1.36. The second-order valence-corrected chi connectivity index (χ2v) is 9.44. The van der Waals surface area contributed by atoms with Crippen LogP contribution in [0.2, 0.25) is 0 Å². The van der Waals surface area contributed by atoms with Crippen LogP contribution in [-0.4, -0.2) is 48.1 Å². The molecule has 0 radical (unpaired) electrons. The lowest BCUT2D eigenvalue weighted by atomic mass is 9.95. The molecule has 34 heavy (non-hydrogen) atoms. The molecule has 2 aromatic heterocycles. The first-order valence-corrected chi connectivity index (χ1v) is 12.1. The monoisotopic (exact) mass is 490 g/mol. The zero-order chi connectivity index (χ0) is 25.0. The number of amides is 1. The summed E-state index contributed by atoms with van der Waals surface area (Å²) in [5, 5.41) is 3.13. The standard InChI is InChI=1S/C24H30N2O7S/c1-6-31-24(30)20-13(4)18(14(5)25-20)22(28)32-11-17(27)26-21-19(23(29)33-12(2)3)15-9-7-8-10-16(15)34-21/h12,25H,6-11H2,1-5H3,(H,26,27). The highest BCUT2D eigenvalue weighted by Crippen LogP contribution is 2.38. The molecule has 0 saturated carbocycles. The van der Waals surface area contributed by atoms with Gasteiger partial charge in [0.25, 0.3) is 5.91 Å². The topological polar surface area (TPSA) is 124 Å². The van der Waals surface area contributed by atoms with Crippen LogP contribution >= 0.6 is 11.3 Å². The Morgan fingerprint density at radius 3 is 2.38 bits per heavy atom. The maximum absolute atomic E-state index is 12.7. The molecule has 1 amide bonds. The van der Waals surface area contributed by atoms with Gasteiger partial charge in [0.15, 0.2) is 6.61 Å². The Balaban J connectivity index is 1.71. The van der Waals surface area contributed by atoms with Crippen molar-refractivity contribution in [3.05, 3.63) is 38.5 Å². The number of aromatic amines is 1. The van der Waals surface area contributed by atoms with E-state index in [1.165, 1.54) is 11.3 Å². The smallest absolute Gasteiger partial charge is 0.355 e. The summed E-state index contributed by atoms with van der Waals surface area (Å²) in [4.78, 5) is 54.0. The quantitative estimate of drug-likeness (QED) is 0.421. The zero-order valence-electron chi connectivity index (χ0n) is 20.1. The van der Waals surface area contributed by atoms with Gasteiger partial charge in [-0.3, -0.25) is 4.79 Å². The van der Waals surface area contributed by atoms with Crippen LogP contribution < -0.4 is 5.32 Å². The van der Waals surface area contributed by atoms with Gasteiger partial charge in [-0.15, -0.1) is 11.3 Å². The Labute approximate surface area is 202 Å². The van der Waals surface area contributed by atoms with Crippen LogP contribution in [0.1, 0.15) is 86.5 Å². The summed E-state index contributed by atoms with van der Waals surface area (Å²) < 4.78 is 15.6. The third-order valence-electron chi connectivity index (χ3n) is 5.43. The Morgan fingerprint density at radius 1 is 1.00 bits per heavy atom. The number of hydrogen-bond acceptors (Lipinski definition) is 8. The number of aromatic nitrogens is 1. The Kier molecular flexibility index (Phi) is 8.14. The van der Waals surface area contributed by atoms with Crippen molar-refractivity contribution in [3.8, 4) is 0 Å². The van der Waals surface area contributed by atoms with Crippen molar-refractivity contribution in [2.75, 3.05) is 18.5 Å². The van der Waals surface area contributed by atoms with E-state index < -0.39 is 30.4 Å². The number of thiophene rings is 1. The van der Waals surface area contributed by atoms with Gasteiger partial charge in [-0.05, 0) is 71.4 Å². The molecule has 0 unspecified atom stereocenters. The molecule has 9 nitrogen and oxygen atoms in total. The third-order valence-corrected chi connectivity index (χ3v) is 6.63. The van der Waals surface area contributed by atoms with E-state index >= 15 is 0 Å². The van der Waals surface area contributed by atoms with E-state index in [4.69, 9.17) is 14.2 Å². The highest BCUT2D eigenvalue weighted by Gasteiger charge is 2.29. The lowest BCUT2D eigenvalue weighted by Gasteiger charge is -2.14. The number of fused-ring (bicyclic) bond motifs is 1. The van der Waals surface area contributed by atoms with Crippen molar-refractivity contribution in [1.82, 2.24) is 4.98 Å². The molecule has 0 bridgehead atoms. The van der Waals surface area contributed by atoms with Gasteiger partial charge in [-0.1, -0.05) is 0 Å². The number of aryl methyl sites for hydroxylation is 2. The normalized spacial score (nSPS) is 12.8. The van der Waals surface area contributed by atoms with Crippen molar-refractivity contribution in [2.24, 2.45) is 0 Å².